The molecule has 152 valence electrons. The largest absolute Gasteiger partial charge is 0.780 e. The summed E-state index contributed by atoms with van der Waals surface area (Å²) in [4.78, 5) is 25.4. The Balaban J connectivity index is 2.76. The molecule has 9 nitrogen and oxygen atoms in total. The molecule has 0 aliphatic carbocycles. The molecular formula is C15H29N3O6PS-. The number of aliphatic hydroxyl groups is 1. The zero-order chi connectivity index (χ0) is 19.9. The van der Waals surface area contributed by atoms with E-state index in [9.17, 15) is 14.8 Å². The van der Waals surface area contributed by atoms with E-state index in [4.69, 9.17) is 31.3 Å². The standard InChI is InChI=1S/C15H30N3O6PS/c1-10(2)7-12(9-22-25(21,26)24-11(3)4)23-14(8-19)18-6-5-13(16)17-15(18)20/h5-6,10-14,19H,7-9,16H2,1-4H3,(H,17,20)(H,21,26)/p-1/t12-,13?,14-,25?/m1/s1. The summed E-state index contributed by atoms with van der Waals surface area (Å²) < 4.78 is 16.2. The lowest BCUT2D eigenvalue weighted by molar-refractivity contribution is -0.214. The van der Waals surface area contributed by atoms with Crippen LogP contribution in [0.5, 0.6) is 0 Å². The number of nitrogens with two attached hydrogens (primary N) is 1. The van der Waals surface area contributed by atoms with E-state index in [0.29, 0.717) is 6.42 Å². The number of amides is 2. The molecular weight excluding hydrogens is 381 g/mol. The van der Waals surface area contributed by atoms with Crippen molar-refractivity contribution in [1.29, 1.82) is 0 Å². The molecule has 0 spiro atoms. The fourth-order valence-corrected chi connectivity index (χ4v) is 3.94. The predicted molar refractivity (Wildman–Crippen MR) is 99.1 cm³/mol. The van der Waals surface area contributed by atoms with Crippen molar-refractivity contribution >= 4 is 24.6 Å². The van der Waals surface area contributed by atoms with Gasteiger partial charge in [0.15, 0.2) is 6.23 Å². The summed E-state index contributed by atoms with van der Waals surface area (Å²) in [6.07, 6.45) is 1.16. The number of aliphatic hydroxyl groups excluding tert-OH is 1. The van der Waals surface area contributed by atoms with Crippen molar-refractivity contribution in [2.75, 3.05) is 13.2 Å². The van der Waals surface area contributed by atoms with Gasteiger partial charge in [-0.15, -0.1) is 0 Å². The zero-order valence-corrected chi connectivity index (χ0v) is 17.2. The van der Waals surface area contributed by atoms with Gasteiger partial charge in [0.05, 0.1) is 31.6 Å². The summed E-state index contributed by atoms with van der Waals surface area (Å²) >= 11 is 4.86. The van der Waals surface area contributed by atoms with Gasteiger partial charge in [0.2, 0.25) is 0 Å². The van der Waals surface area contributed by atoms with E-state index in [-0.39, 0.29) is 18.6 Å². The van der Waals surface area contributed by atoms with E-state index >= 15 is 0 Å². The molecule has 1 heterocycles. The quantitative estimate of drug-likeness (QED) is 0.422. The van der Waals surface area contributed by atoms with Crippen molar-refractivity contribution in [1.82, 2.24) is 10.2 Å². The number of urea groups is 1. The highest BCUT2D eigenvalue weighted by Gasteiger charge is 2.29. The SMILES string of the molecule is CC(C)C[C@H](COP([O-])(=S)OC(C)C)O[C@H](CO)N1C=CC(N)NC1=O. The molecule has 0 saturated carbocycles. The molecule has 1 aliphatic rings. The van der Waals surface area contributed by atoms with Gasteiger partial charge in [0, 0.05) is 6.20 Å². The Morgan fingerprint density at radius 1 is 1.46 bits per heavy atom. The van der Waals surface area contributed by atoms with E-state index in [2.05, 4.69) is 5.32 Å². The topological polar surface area (TPSA) is 129 Å². The maximum absolute atomic E-state index is 12.1. The van der Waals surface area contributed by atoms with Gasteiger partial charge in [-0.05, 0) is 32.3 Å². The van der Waals surface area contributed by atoms with Gasteiger partial charge < -0.3 is 34.8 Å². The molecule has 0 bridgehead atoms. The molecule has 1 rings (SSSR count). The van der Waals surface area contributed by atoms with Crippen LogP contribution in [-0.2, 0) is 25.6 Å². The highest BCUT2D eigenvalue weighted by atomic mass is 32.5. The van der Waals surface area contributed by atoms with Gasteiger partial charge in [-0.3, -0.25) is 4.90 Å². The number of nitrogens with one attached hydrogen (secondary N) is 1. The molecule has 0 fully saturated rings. The van der Waals surface area contributed by atoms with E-state index in [1.807, 2.05) is 13.8 Å². The number of carbonyl (C=O) groups excluding carboxylic acids is 1. The van der Waals surface area contributed by atoms with E-state index in [1.54, 1.807) is 19.9 Å². The highest BCUT2D eigenvalue weighted by molar-refractivity contribution is 8.06. The number of nitrogens with zero attached hydrogens (tertiary/aromatic N) is 1. The van der Waals surface area contributed by atoms with Crippen LogP contribution in [0, 0.1) is 5.92 Å². The molecule has 0 aromatic rings. The van der Waals surface area contributed by atoms with Gasteiger partial charge in [-0.1, -0.05) is 25.7 Å². The van der Waals surface area contributed by atoms with Crippen LogP contribution in [0.2, 0.25) is 0 Å². The van der Waals surface area contributed by atoms with Gasteiger partial charge >= 0.3 is 6.03 Å². The lowest BCUT2D eigenvalue weighted by Crippen LogP contribution is -2.54. The summed E-state index contributed by atoms with van der Waals surface area (Å²) in [7, 11) is 0. The monoisotopic (exact) mass is 410 g/mol. The molecule has 2 unspecified atom stereocenters. The first-order valence-electron chi connectivity index (χ1n) is 8.47. The van der Waals surface area contributed by atoms with Crippen LogP contribution in [-0.4, -0.2) is 53.9 Å². The van der Waals surface area contributed by atoms with Crippen molar-refractivity contribution in [3.8, 4) is 0 Å². The Kier molecular flexibility index (Phi) is 9.63. The van der Waals surface area contributed by atoms with Crippen LogP contribution in [0.15, 0.2) is 12.3 Å². The van der Waals surface area contributed by atoms with Crippen molar-refractivity contribution < 1.29 is 28.6 Å². The number of hydrogen-bond donors (Lipinski definition) is 3. The first kappa shape index (κ1) is 23.5. The molecule has 4 atom stereocenters. The van der Waals surface area contributed by atoms with Gasteiger partial charge in [-0.2, -0.15) is 0 Å². The van der Waals surface area contributed by atoms with Crippen molar-refractivity contribution in [2.24, 2.45) is 11.7 Å². The Hall–Kier alpha value is -0.580. The Labute approximate surface area is 159 Å². The molecule has 0 aromatic heterocycles. The molecule has 0 saturated heterocycles. The van der Waals surface area contributed by atoms with Gasteiger partial charge in [-0.25, -0.2) is 4.79 Å². The average Bonchev–Trinajstić information content (AvgIpc) is 2.49. The average molecular weight is 410 g/mol. The van der Waals surface area contributed by atoms with Crippen LogP contribution in [0.3, 0.4) is 0 Å². The summed E-state index contributed by atoms with van der Waals surface area (Å²) in [5.41, 5.74) is 5.61. The van der Waals surface area contributed by atoms with Crippen LogP contribution in [0.1, 0.15) is 34.1 Å². The third kappa shape index (κ3) is 8.41. The normalized spacial score (nSPS) is 22.4. The minimum atomic E-state index is -3.63. The molecule has 4 N–H and O–H groups in total. The van der Waals surface area contributed by atoms with Crippen molar-refractivity contribution in [2.45, 2.75) is 58.7 Å². The van der Waals surface area contributed by atoms with Gasteiger partial charge in [0.1, 0.15) is 6.72 Å². The first-order chi connectivity index (χ1) is 12.0. The molecule has 0 radical (unpaired) electrons. The Morgan fingerprint density at radius 2 is 2.12 bits per heavy atom. The first-order valence-corrected chi connectivity index (χ1v) is 11.0. The fourth-order valence-electron chi connectivity index (χ4n) is 2.32. The number of carbonyl (C=O) groups is 1. The van der Waals surface area contributed by atoms with Gasteiger partial charge in [0.25, 0.3) is 0 Å². The lowest BCUT2D eigenvalue weighted by atomic mass is 10.1. The predicted octanol–water partition coefficient (Wildman–Crippen LogP) is 0.586. The molecule has 2 amide bonds. The molecule has 26 heavy (non-hydrogen) atoms. The lowest BCUT2D eigenvalue weighted by Gasteiger charge is -2.36. The Morgan fingerprint density at radius 3 is 2.62 bits per heavy atom. The summed E-state index contributed by atoms with van der Waals surface area (Å²) in [6, 6.07) is -0.486. The van der Waals surface area contributed by atoms with Crippen LogP contribution in [0.4, 0.5) is 4.79 Å². The Bertz CT molecular complexity index is 534. The third-order valence-electron chi connectivity index (χ3n) is 3.29. The summed E-state index contributed by atoms with van der Waals surface area (Å²) in [5, 5.41) is 12.1. The highest BCUT2D eigenvalue weighted by Crippen LogP contribution is 2.40. The maximum atomic E-state index is 12.1. The molecule has 1 aliphatic heterocycles. The number of rotatable bonds is 11. The number of hydrogen-bond acceptors (Lipinski definition) is 8. The summed E-state index contributed by atoms with van der Waals surface area (Å²) in [5.74, 6) is 0.234. The van der Waals surface area contributed by atoms with E-state index < -0.39 is 37.9 Å². The zero-order valence-electron chi connectivity index (χ0n) is 15.5. The second kappa shape index (κ2) is 10.7. The second-order valence-corrected chi connectivity index (χ2v) is 9.35. The second-order valence-electron chi connectivity index (χ2n) is 6.65. The minimum Gasteiger partial charge on any atom is -0.780 e. The summed E-state index contributed by atoms with van der Waals surface area (Å²) in [6.45, 7) is 3.22. The van der Waals surface area contributed by atoms with Crippen LogP contribution >= 0.6 is 6.72 Å². The minimum absolute atomic E-state index is 0.0825. The van der Waals surface area contributed by atoms with Crippen LogP contribution < -0.4 is 15.9 Å². The number of ether oxygens (including phenoxy) is 1. The third-order valence-corrected chi connectivity index (χ3v) is 5.01. The maximum Gasteiger partial charge on any atom is 0.325 e. The molecule has 0 aromatic carbocycles. The smallest absolute Gasteiger partial charge is 0.325 e. The van der Waals surface area contributed by atoms with Crippen LogP contribution in [0.25, 0.3) is 0 Å². The van der Waals surface area contributed by atoms with Crippen molar-refractivity contribution in [3.63, 3.8) is 0 Å². The fraction of sp³-hybridized carbons (Fsp3) is 0.800. The molecule has 11 heteroatoms. The van der Waals surface area contributed by atoms with E-state index in [1.165, 1.54) is 11.1 Å². The van der Waals surface area contributed by atoms with E-state index in [0.717, 1.165) is 0 Å². The van der Waals surface area contributed by atoms with Crippen molar-refractivity contribution in [3.05, 3.63) is 12.3 Å².